The number of nitrogens with zero attached hydrogens (tertiary/aromatic N) is 3. The quantitative estimate of drug-likeness (QED) is 0.705. The minimum Gasteiger partial charge on any atom is -0.298 e. The lowest BCUT2D eigenvalue weighted by atomic mass is 10.0. The van der Waals surface area contributed by atoms with Gasteiger partial charge in [-0.2, -0.15) is 0 Å². The van der Waals surface area contributed by atoms with Gasteiger partial charge < -0.3 is 0 Å². The Labute approximate surface area is 151 Å². The maximum absolute atomic E-state index is 13.2. The third-order valence-electron chi connectivity index (χ3n) is 4.67. The van der Waals surface area contributed by atoms with E-state index in [0.717, 1.165) is 49.4 Å². The fourth-order valence-electron chi connectivity index (χ4n) is 3.38. The molecule has 5 heteroatoms. The van der Waals surface area contributed by atoms with Crippen molar-refractivity contribution < 1.29 is 4.39 Å². The summed E-state index contributed by atoms with van der Waals surface area (Å²) in [5.74, 6) is -0.221. The highest BCUT2D eigenvalue weighted by molar-refractivity contribution is 7.11. The van der Waals surface area contributed by atoms with Gasteiger partial charge in [0.25, 0.3) is 0 Å². The molecule has 1 aromatic carbocycles. The van der Waals surface area contributed by atoms with Crippen molar-refractivity contribution in [3.8, 4) is 11.3 Å². The highest BCUT2D eigenvalue weighted by Crippen LogP contribution is 2.27. The molecule has 0 spiro atoms. The van der Waals surface area contributed by atoms with Crippen molar-refractivity contribution in [1.82, 2.24) is 14.9 Å². The third kappa shape index (κ3) is 3.62. The number of halogens is 1. The molecule has 25 heavy (non-hydrogen) atoms. The molecule has 0 saturated heterocycles. The molecule has 0 atom stereocenters. The predicted molar refractivity (Wildman–Crippen MR) is 99.2 cm³/mol. The van der Waals surface area contributed by atoms with Crippen LogP contribution in [0.15, 0.2) is 42.7 Å². The summed E-state index contributed by atoms with van der Waals surface area (Å²) in [6.07, 6.45) is 3.49. The molecule has 0 N–H and O–H groups in total. The van der Waals surface area contributed by atoms with Crippen LogP contribution in [-0.4, -0.2) is 28.0 Å². The van der Waals surface area contributed by atoms with Gasteiger partial charge in [-0.25, -0.2) is 14.4 Å². The molecule has 1 aliphatic rings. The van der Waals surface area contributed by atoms with E-state index in [1.54, 1.807) is 18.5 Å². The summed E-state index contributed by atoms with van der Waals surface area (Å²) < 4.78 is 13.2. The van der Waals surface area contributed by atoms with Crippen molar-refractivity contribution in [1.29, 1.82) is 0 Å². The molecule has 4 rings (SSSR count). The van der Waals surface area contributed by atoms with Crippen molar-refractivity contribution in [2.45, 2.75) is 26.3 Å². The summed E-state index contributed by atoms with van der Waals surface area (Å²) in [6.45, 7) is 5.14. The van der Waals surface area contributed by atoms with E-state index in [0.29, 0.717) is 0 Å². The van der Waals surface area contributed by atoms with Crippen molar-refractivity contribution >= 4 is 11.3 Å². The monoisotopic (exact) mass is 353 g/mol. The smallest absolute Gasteiger partial charge is 0.123 e. The molecule has 1 aliphatic heterocycles. The SMILES string of the molecule is Cc1ccc(CN2CCc3ncnc(-c4ccc(F)cc4)c3CC2)s1. The highest BCUT2D eigenvalue weighted by Gasteiger charge is 2.19. The molecule has 0 aliphatic carbocycles. The van der Waals surface area contributed by atoms with E-state index in [1.165, 1.54) is 27.5 Å². The van der Waals surface area contributed by atoms with Gasteiger partial charge in [-0.3, -0.25) is 4.90 Å². The zero-order valence-electron chi connectivity index (χ0n) is 14.2. The first-order valence-electron chi connectivity index (χ1n) is 8.55. The molecule has 0 fully saturated rings. The Morgan fingerprint density at radius 3 is 2.60 bits per heavy atom. The number of thiophene rings is 1. The molecule has 0 unspecified atom stereocenters. The van der Waals surface area contributed by atoms with Gasteiger partial charge in [0.1, 0.15) is 12.1 Å². The van der Waals surface area contributed by atoms with E-state index in [2.05, 4.69) is 33.9 Å². The van der Waals surface area contributed by atoms with Crippen LogP contribution in [0.2, 0.25) is 0 Å². The summed E-state index contributed by atoms with van der Waals surface area (Å²) in [6, 6.07) is 11.0. The third-order valence-corrected chi connectivity index (χ3v) is 5.66. The number of benzene rings is 1. The van der Waals surface area contributed by atoms with Crippen LogP contribution in [0.1, 0.15) is 21.0 Å². The van der Waals surface area contributed by atoms with Crippen LogP contribution in [-0.2, 0) is 19.4 Å². The summed E-state index contributed by atoms with van der Waals surface area (Å²) in [5, 5.41) is 0. The normalized spacial score (nSPS) is 15.0. The largest absolute Gasteiger partial charge is 0.298 e. The molecule has 3 heterocycles. The fraction of sp³-hybridized carbons (Fsp3) is 0.300. The Morgan fingerprint density at radius 1 is 1.04 bits per heavy atom. The summed E-state index contributed by atoms with van der Waals surface area (Å²) in [7, 11) is 0. The van der Waals surface area contributed by atoms with Crippen LogP contribution in [0.4, 0.5) is 4.39 Å². The lowest BCUT2D eigenvalue weighted by Gasteiger charge is -2.18. The predicted octanol–water partition coefficient (Wildman–Crippen LogP) is 4.25. The first kappa shape index (κ1) is 16.4. The number of hydrogen-bond acceptors (Lipinski definition) is 4. The minimum atomic E-state index is -0.221. The van der Waals surface area contributed by atoms with Gasteiger partial charge in [-0.05, 0) is 49.7 Å². The van der Waals surface area contributed by atoms with Crippen molar-refractivity contribution in [2.75, 3.05) is 13.1 Å². The lowest BCUT2D eigenvalue weighted by molar-refractivity contribution is 0.281. The average Bonchev–Trinajstić information content (AvgIpc) is 2.91. The molecule has 128 valence electrons. The summed E-state index contributed by atoms with van der Waals surface area (Å²) >= 11 is 1.87. The zero-order valence-corrected chi connectivity index (χ0v) is 15.0. The second-order valence-electron chi connectivity index (χ2n) is 6.44. The number of hydrogen-bond donors (Lipinski definition) is 0. The highest BCUT2D eigenvalue weighted by atomic mass is 32.1. The van der Waals surface area contributed by atoms with Crippen LogP contribution >= 0.6 is 11.3 Å². The lowest BCUT2D eigenvalue weighted by Crippen LogP contribution is -2.25. The van der Waals surface area contributed by atoms with Gasteiger partial charge in [0.2, 0.25) is 0 Å². The van der Waals surface area contributed by atoms with Crippen molar-refractivity contribution in [2.24, 2.45) is 0 Å². The second kappa shape index (κ2) is 7.02. The molecule has 0 saturated carbocycles. The van der Waals surface area contributed by atoms with Gasteiger partial charge in [0, 0.05) is 52.6 Å². The minimum absolute atomic E-state index is 0.221. The molecule has 0 amide bonds. The first-order valence-corrected chi connectivity index (χ1v) is 9.37. The Kier molecular flexibility index (Phi) is 4.59. The van der Waals surface area contributed by atoms with Crippen LogP contribution in [0.3, 0.4) is 0 Å². The van der Waals surface area contributed by atoms with Gasteiger partial charge in [0.15, 0.2) is 0 Å². The van der Waals surface area contributed by atoms with E-state index in [1.807, 2.05) is 11.3 Å². The zero-order chi connectivity index (χ0) is 17.2. The van der Waals surface area contributed by atoms with Crippen LogP contribution in [0.5, 0.6) is 0 Å². The summed E-state index contributed by atoms with van der Waals surface area (Å²) in [4.78, 5) is 14.3. The number of aromatic nitrogens is 2. The fourth-order valence-corrected chi connectivity index (χ4v) is 4.31. The Hall–Kier alpha value is -2.11. The van der Waals surface area contributed by atoms with E-state index in [4.69, 9.17) is 0 Å². The van der Waals surface area contributed by atoms with E-state index in [9.17, 15) is 4.39 Å². The van der Waals surface area contributed by atoms with Gasteiger partial charge in [0.05, 0.1) is 5.69 Å². The van der Waals surface area contributed by atoms with Crippen LogP contribution in [0.25, 0.3) is 11.3 Å². The molecule has 2 aromatic heterocycles. The van der Waals surface area contributed by atoms with E-state index >= 15 is 0 Å². The molecular formula is C20H20FN3S. The molecule has 0 radical (unpaired) electrons. The molecule has 3 aromatic rings. The number of aryl methyl sites for hydroxylation is 1. The topological polar surface area (TPSA) is 29.0 Å². The molecule has 3 nitrogen and oxygen atoms in total. The van der Waals surface area contributed by atoms with E-state index < -0.39 is 0 Å². The maximum atomic E-state index is 13.2. The standard InChI is InChI=1S/C20H20FN3S/c1-14-2-7-17(25-14)12-24-10-8-18-19(9-11-24)22-13-23-20(18)15-3-5-16(21)6-4-15/h2-7,13H,8-12H2,1H3. The molecule has 0 bridgehead atoms. The summed E-state index contributed by atoms with van der Waals surface area (Å²) in [5.41, 5.74) is 4.24. The van der Waals surface area contributed by atoms with Gasteiger partial charge in [-0.15, -0.1) is 11.3 Å². The van der Waals surface area contributed by atoms with Gasteiger partial charge in [-0.1, -0.05) is 0 Å². The maximum Gasteiger partial charge on any atom is 0.123 e. The van der Waals surface area contributed by atoms with Crippen molar-refractivity contribution in [3.63, 3.8) is 0 Å². The van der Waals surface area contributed by atoms with Crippen molar-refractivity contribution in [3.05, 3.63) is 69.6 Å². The van der Waals surface area contributed by atoms with Crippen LogP contribution in [0, 0.1) is 12.7 Å². The number of fused-ring (bicyclic) bond motifs is 1. The Balaban J connectivity index is 1.57. The Bertz CT molecular complexity index is 873. The van der Waals surface area contributed by atoms with E-state index in [-0.39, 0.29) is 5.82 Å². The van der Waals surface area contributed by atoms with Crippen LogP contribution < -0.4 is 0 Å². The Morgan fingerprint density at radius 2 is 1.84 bits per heavy atom. The van der Waals surface area contributed by atoms with Gasteiger partial charge >= 0.3 is 0 Å². The molecular weight excluding hydrogens is 333 g/mol. The number of rotatable bonds is 3. The average molecular weight is 353 g/mol. The first-order chi connectivity index (χ1) is 12.2. The second-order valence-corrected chi connectivity index (χ2v) is 7.82.